The summed E-state index contributed by atoms with van der Waals surface area (Å²) >= 11 is 1.62. The van der Waals surface area contributed by atoms with Crippen LogP contribution in [0.5, 0.6) is 0 Å². The third-order valence-corrected chi connectivity index (χ3v) is 3.21. The zero-order valence-corrected chi connectivity index (χ0v) is 11.0. The van der Waals surface area contributed by atoms with Crippen LogP contribution in [-0.4, -0.2) is 24.6 Å². The van der Waals surface area contributed by atoms with Gasteiger partial charge in [0.1, 0.15) is 5.01 Å². The maximum absolute atomic E-state index is 11.4. The number of aromatic nitrogens is 1. The molecule has 0 saturated heterocycles. The predicted molar refractivity (Wildman–Crippen MR) is 64.4 cm³/mol. The Morgan fingerprint density at radius 3 is 2.81 bits per heavy atom. The number of aryl methyl sites for hydroxylation is 1. The first kappa shape index (κ1) is 13.1. The maximum Gasteiger partial charge on any atom is 0.312 e. The van der Waals surface area contributed by atoms with Crippen molar-refractivity contribution in [3.63, 3.8) is 0 Å². The number of carbonyl (C=O) groups excluding carboxylic acids is 1. The van der Waals surface area contributed by atoms with Crippen molar-refractivity contribution >= 4 is 17.3 Å². The molecule has 0 aliphatic carbocycles. The first-order valence-electron chi connectivity index (χ1n) is 5.16. The molecule has 0 amide bonds. The van der Waals surface area contributed by atoms with Crippen LogP contribution in [0.15, 0.2) is 5.38 Å². The van der Waals surface area contributed by atoms with E-state index in [4.69, 9.17) is 4.74 Å². The van der Waals surface area contributed by atoms with Gasteiger partial charge in [-0.1, -0.05) is 0 Å². The van der Waals surface area contributed by atoms with Crippen molar-refractivity contribution in [2.24, 2.45) is 5.41 Å². The standard InChI is InChI=1S/C11H18N2O2S/c1-8-6-16-9(13-8)5-12-7-11(2,3)10(14)15-4/h6,12H,5,7H2,1-4H3. The van der Waals surface area contributed by atoms with Gasteiger partial charge in [0.15, 0.2) is 0 Å². The van der Waals surface area contributed by atoms with Gasteiger partial charge < -0.3 is 10.1 Å². The second-order valence-electron chi connectivity index (χ2n) is 4.36. The van der Waals surface area contributed by atoms with Gasteiger partial charge in [0.05, 0.1) is 12.5 Å². The normalized spacial score (nSPS) is 11.5. The quantitative estimate of drug-likeness (QED) is 0.799. The zero-order chi connectivity index (χ0) is 12.2. The first-order chi connectivity index (χ1) is 7.45. The number of methoxy groups -OCH3 is 1. The van der Waals surface area contributed by atoms with Crippen molar-refractivity contribution in [3.8, 4) is 0 Å². The molecule has 0 atom stereocenters. The van der Waals surface area contributed by atoms with Gasteiger partial charge in [0.25, 0.3) is 0 Å². The average Bonchev–Trinajstić information content (AvgIpc) is 2.62. The van der Waals surface area contributed by atoms with Crippen molar-refractivity contribution in [2.75, 3.05) is 13.7 Å². The maximum atomic E-state index is 11.4. The molecule has 1 N–H and O–H groups in total. The lowest BCUT2D eigenvalue weighted by molar-refractivity contribution is -0.150. The van der Waals surface area contributed by atoms with Crippen LogP contribution in [0.1, 0.15) is 24.5 Å². The van der Waals surface area contributed by atoms with Gasteiger partial charge in [-0.15, -0.1) is 11.3 Å². The Bertz CT molecular complexity index is 361. The Kier molecular flexibility index (Phi) is 4.44. The van der Waals surface area contributed by atoms with Gasteiger partial charge in [-0.05, 0) is 20.8 Å². The molecule has 1 rings (SSSR count). The number of carbonyl (C=O) groups is 1. The van der Waals surface area contributed by atoms with Gasteiger partial charge in [-0.2, -0.15) is 0 Å². The van der Waals surface area contributed by atoms with Crippen LogP contribution in [0.4, 0.5) is 0 Å². The number of esters is 1. The fraction of sp³-hybridized carbons (Fsp3) is 0.636. The van der Waals surface area contributed by atoms with E-state index in [9.17, 15) is 4.79 Å². The summed E-state index contributed by atoms with van der Waals surface area (Å²) in [6, 6.07) is 0. The number of hydrogen-bond acceptors (Lipinski definition) is 5. The molecule has 16 heavy (non-hydrogen) atoms. The van der Waals surface area contributed by atoms with Gasteiger partial charge in [-0.3, -0.25) is 4.79 Å². The molecule has 0 saturated carbocycles. The molecule has 1 aromatic heterocycles. The highest BCUT2D eigenvalue weighted by atomic mass is 32.1. The summed E-state index contributed by atoms with van der Waals surface area (Å²) in [7, 11) is 1.41. The van der Waals surface area contributed by atoms with Crippen molar-refractivity contribution in [3.05, 3.63) is 16.1 Å². The molecule has 0 aromatic carbocycles. The minimum atomic E-state index is -0.499. The highest BCUT2D eigenvalue weighted by Crippen LogP contribution is 2.16. The van der Waals surface area contributed by atoms with Crippen LogP contribution >= 0.6 is 11.3 Å². The smallest absolute Gasteiger partial charge is 0.312 e. The van der Waals surface area contributed by atoms with E-state index in [1.54, 1.807) is 11.3 Å². The summed E-state index contributed by atoms with van der Waals surface area (Å²) in [5.41, 5.74) is 0.537. The second-order valence-corrected chi connectivity index (χ2v) is 5.30. The summed E-state index contributed by atoms with van der Waals surface area (Å²) < 4.78 is 4.73. The molecule has 0 radical (unpaired) electrons. The van der Waals surface area contributed by atoms with E-state index in [1.807, 2.05) is 26.2 Å². The van der Waals surface area contributed by atoms with Gasteiger partial charge in [0.2, 0.25) is 0 Å². The summed E-state index contributed by atoms with van der Waals surface area (Å²) in [6.45, 7) is 6.97. The van der Waals surface area contributed by atoms with E-state index in [2.05, 4.69) is 10.3 Å². The van der Waals surface area contributed by atoms with Crippen molar-refractivity contribution in [1.29, 1.82) is 0 Å². The third kappa shape index (κ3) is 3.57. The summed E-state index contributed by atoms with van der Waals surface area (Å²) in [6.07, 6.45) is 0. The van der Waals surface area contributed by atoms with Crippen molar-refractivity contribution < 1.29 is 9.53 Å². The van der Waals surface area contributed by atoms with E-state index in [-0.39, 0.29) is 5.97 Å². The molecular weight excluding hydrogens is 224 g/mol. The van der Waals surface area contributed by atoms with Crippen LogP contribution in [0.2, 0.25) is 0 Å². The first-order valence-corrected chi connectivity index (χ1v) is 6.04. The minimum absolute atomic E-state index is 0.199. The molecule has 5 heteroatoms. The molecule has 0 fully saturated rings. The lowest BCUT2D eigenvalue weighted by Crippen LogP contribution is -2.36. The van der Waals surface area contributed by atoms with Crippen LogP contribution in [0.3, 0.4) is 0 Å². The van der Waals surface area contributed by atoms with Gasteiger partial charge >= 0.3 is 5.97 Å². The number of rotatable bonds is 5. The number of thiazole rings is 1. The summed E-state index contributed by atoms with van der Waals surface area (Å²) in [4.78, 5) is 15.7. The fourth-order valence-corrected chi connectivity index (χ4v) is 2.06. The van der Waals surface area contributed by atoms with E-state index < -0.39 is 5.41 Å². The van der Waals surface area contributed by atoms with E-state index in [0.29, 0.717) is 13.1 Å². The molecule has 1 aromatic rings. The zero-order valence-electron chi connectivity index (χ0n) is 10.2. The molecule has 1 heterocycles. The monoisotopic (exact) mass is 242 g/mol. The van der Waals surface area contributed by atoms with Crippen molar-refractivity contribution in [2.45, 2.75) is 27.3 Å². The number of nitrogens with zero attached hydrogens (tertiary/aromatic N) is 1. The fourth-order valence-electron chi connectivity index (χ4n) is 1.31. The molecular formula is C11H18N2O2S. The lowest BCUT2D eigenvalue weighted by atomic mass is 9.94. The lowest BCUT2D eigenvalue weighted by Gasteiger charge is -2.21. The molecule has 90 valence electrons. The molecule has 0 aliphatic heterocycles. The predicted octanol–water partition coefficient (Wildman–Crippen LogP) is 1.74. The van der Waals surface area contributed by atoms with Gasteiger partial charge in [-0.25, -0.2) is 4.98 Å². The largest absolute Gasteiger partial charge is 0.469 e. The Hall–Kier alpha value is -0.940. The molecule has 0 spiro atoms. The molecule has 0 aliphatic rings. The minimum Gasteiger partial charge on any atom is -0.469 e. The number of nitrogens with one attached hydrogen (secondary N) is 1. The number of ether oxygens (including phenoxy) is 1. The Morgan fingerprint density at radius 2 is 2.31 bits per heavy atom. The Morgan fingerprint density at radius 1 is 1.62 bits per heavy atom. The number of hydrogen-bond donors (Lipinski definition) is 1. The SMILES string of the molecule is COC(=O)C(C)(C)CNCc1nc(C)cs1. The highest BCUT2D eigenvalue weighted by molar-refractivity contribution is 7.09. The highest BCUT2D eigenvalue weighted by Gasteiger charge is 2.28. The van der Waals surface area contributed by atoms with Crippen LogP contribution < -0.4 is 5.32 Å². The van der Waals surface area contributed by atoms with E-state index in [1.165, 1.54) is 7.11 Å². The average molecular weight is 242 g/mol. The Labute approximate surface area is 100 Å². The second kappa shape index (κ2) is 5.41. The van der Waals surface area contributed by atoms with Crippen LogP contribution in [0, 0.1) is 12.3 Å². The third-order valence-electron chi connectivity index (χ3n) is 2.25. The van der Waals surface area contributed by atoms with Crippen molar-refractivity contribution in [1.82, 2.24) is 10.3 Å². The summed E-state index contributed by atoms with van der Waals surface area (Å²) in [5, 5.41) is 6.27. The van der Waals surface area contributed by atoms with Crippen LogP contribution in [0.25, 0.3) is 0 Å². The molecule has 0 bridgehead atoms. The van der Waals surface area contributed by atoms with Crippen LogP contribution in [-0.2, 0) is 16.1 Å². The Balaban J connectivity index is 2.38. The van der Waals surface area contributed by atoms with E-state index >= 15 is 0 Å². The van der Waals surface area contributed by atoms with Gasteiger partial charge in [0, 0.05) is 24.2 Å². The molecule has 0 unspecified atom stereocenters. The topological polar surface area (TPSA) is 51.2 Å². The molecule has 4 nitrogen and oxygen atoms in total. The summed E-state index contributed by atoms with van der Waals surface area (Å²) in [5.74, 6) is -0.199. The van der Waals surface area contributed by atoms with E-state index in [0.717, 1.165) is 10.7 Å².